The number of para-hydroxylation sites is 1. The largest absolute Gasteiger partial charge is 0.504 e. The molecule has 0 unspecified atom stereocenters. The summed E-state index contributed by atoms with van der Waals surface area (Å²) in [6, 6.07) is 3.93. The van der Waals surface area contributed by atoms with Crippen LogP contribution in [0.5, 0.6) is 17.2 Å². The molecule has 0 aliphatic heterocycles. The van der Waals surface area contributed by atoms with Crippen molar-refractivity contribution in [2.75, 3.05) is 6.61 Å². The summed E-state index contributed by atoms with van der Waals surface area (Å²) in [6.07, 6.45) is 0. The van der Waals surface area contributed by atoms with Crippen LogP contribution in [-0.2, 0) is 4.79 Å². The molecule has 5 heteroatoms. The Morgan fingerprint density at radius 2 is 2.08 bits per heavy atom. The van der Waals surface area contributed by atoms with E-state index < -0.39 is 18.3 Å². The van der Waals surface area contributed by atoms with Crippen LogP contribution >= 0.6 is 0 Å². The number of phenolic OH excluding ortho intramolecular Hbond substituents is 2. The number of rotatable bonds is 2. The van der Waals surface area contributed by atoms with Gasteiger partial charge in [0.05, 0.1) is 0 Å². The molecule has 1 rings (SSSR count). The molecule has 0 spiro atoms. The molecule has 13 heavy (non-hydrogen) atoms. The topological polar surface area (TPSA) is 87.0 Å². The quantitative estimate of drug-likeness (QED) is 0.342. The number of esters is 1. The third-order valence-electron chi connectivity index (χ3n) is 1.33. The van der Waals surface area contributed by atoms with E-state index in [4.69, 9.17) is 15.3 Å². The molecule has 0 radical (unpaired) electrons. The summed E-state index contributed by atoms with van der Waals surface area (Å²) in [7, 11) is 0. The molecule has 70 valence electrons. The standard InChI is InChI=1S/C8H8O5/c9-4-7(11)13-6-3-1-2-5(10)8(6)12/h1-3,9-10,12H,4H2. The lowest BCUT2D eigenvalue weighted by molar-refractivity contribution is -0.137. The van der Waals surface area contributed by atoms with Crippen molar-refractivity contribution in [2.45, 2.75) is 0 Å². The van der Waals surface area contributed by atoms with E-state index in [9.17, 15) is 4.79 Å². The Labute approximate surface area is 73.8 Å². The molecule has 0 fully saturated rings. The van der Waals surface area contributed by atoms with Gasteiger partial charge in [0.25, 0.3) is 0 Å². The molecule has 0 amide bonds. The first-order valence-corrected chi connectivity index (χ1v) is 3.47. The maximum atomic E-state index is 10.6. The average molecular weight is 184 g/mol. The Morgan fingerprint density at radius 1 is 1.38 bits per heavy atom. The highest BCUT2D eigenvalue weighted by atomic mass is 16.6. The zero-order valence-electron chi connectivity index (χ0n) is 6.60. The number of benzene rings is 1. The van der Waals surface area contributed by atoms with E-state index in [-0.39, 0.29) is 11.5 Å². The van der Waals surface area contributed by atoms with Crippen LogP contribution in [-0.4, -0.2) is 27.9 Å². The van der Waals surface area contributed by atoms with Crippen molar-refractivity contribution in [3.8, 4) is 17.2 Å². The number of aliphatic hydroxyl groups is 1. The number of aromatic hydroxyl groups is 2. The molecule has 0 aliphatic carbocycles. The van der Waals surface area contributed by atoms with Crippen LogP contribution in [0.4, 0.5) is 0 Å². The van der Waals surface area contributed by atoms with Crippen LogP contribution in [0.2, 0.25) is 0 Å². The second-order valence-corrected chi connectivity index (χ2v) is 2.26. The Hall–Kier alpha value is -1.75. The van der Waals surface area contributed by atoms with Gasteiger partial charge in [0.15, 0.2) is 11.5 Å². The molecule has 0 heterocycles. The fourth-order valence-electron chi connectivity index (χ4n) is 0.748. The third-order valence-corrected chi connectivity index (χ3v) is 1.33. The average Bonchev–Trinajstić information content (AvgIpc) is 2.13. The summed E-state index contributed by atoms with van der Waals surface area (Å²) >= 11 is 0. The van der Waals surface area contributed by atoms with Crippen molar-refractivity contribution in [1.82, 2.24) is 0 Å². The second-order valence-electron chi connectivity index (χ2n) is 2.26. The number of aliphatic hydroxyl groups excluding tert-OH is 1. The second kappa shape index (κ2) is 3.77. The Morgan fingerprint density at radius 3 is 2.69 bits per heavy atom. The lowest BCUT2D eigenvalue weighted by atomic mass is 10.3. The van der Waals surface area contributed by atoms with Gasteiger partial charge in [0.2, 0.25) is 5.75 Å². The summed E-state index contributed by atoms with van der Waals surface area (Å²) in [5.41, 5.74) is 0. The van der Waals surface area contributed by atoms with Gasteiger partial charge in [-0.1, -0.05) is 6.07 Å². The molecule has 3 N–H and O–H groups in total. The van der Waals surface area contributed by atoms with Gasteiger partial charge in [-0.3, -0.25) is 0 Å². The molecule has 0 aromatic heterocycles. The van der Waals surface area contributed by atoms with E-state index >= 15 is 0 Å². The summed E-state index contributed by atoms with van der Waals surface area (Å²) < 4.78 is 4.48. The first-order chi connectivity index (χ1) is 6.15. The smallest absolute Gasteiger partial charge is 0.337 e. The van der Waals surface area contributed by atoms with Crippen molar-refractivity contribution in [3.63, 3.8) is 0 Å². The lowest BCUT2D eigenvalue weighted by Gasteiger charge is -2.04. The van der Waals surface area contributed by atoms with Crippen LogP contribution in [0.3, 0.4) is 0 Å². The van der Waals surface area contributed by atoms with Crippen LogP contribution in [0.15, 0.2) is 18.2 Å². The van der Waals surface area contributed by atoms with E-state index in [0.717, 1.165) is 0 Å². The number of phenols is 2. The number of carbonyl (C=O) groups is 1. The van der Waals surface area contributed by atoms with Gasteiger partial charge in [0, 0.05) is 0 Å². The van der Waals surface area contributed by atoms with Crippen molar-refractivity contribution >= 4 is 5.97 Å². The van der Waals surface area contributed by atoms with E-state index in [1.807, 2.05) is 0 Å². The van der Waals surface area contributed by atoms with Gasteiger partial charge in [-0.15, -0.1) is 0 Å². The zero-order chi connectivity index (χ0) is 9.84. The minimum Gasteiger partial charge on any atom is -0.504 e. The minimum atomic E-state index is -0.902. The van der Waals surface area contributed by atoms with Gasteiger partial charge in [0.1, 0.15) is 6.61 Å². The molecule has 1 aromatic rings. The van der Waals surface area contributed by atoms with Gasteiger partial charge in [-0.05, 0) is 12.1 Å². The van der Waals surface area contributed by atoms with E-state index in [1.165, 1.54) is 18.2 Å². The minimum absolute atomic E-state index is 0.181. The molecular weight excluding hydrogens is 176 g/mol. The monoisotopic (exact) mass is 184 g/mol. The number of hydrogen-bond donors (Lipinski definition) is 3. The number of hydrogen-bond acceptors (Lipinski definition) is 5. The summed E-state index contributed by atoms with van der Waals surface area (Å²) in [6.45, 7) is -0.783. The van der Waals surface area contributed by atoms with Crippen LogP contribution in [0.25, 0.3) is 0 Å². The molecule has 0 atom stereocenters. The van der Waals surface area contributed by atoms with Crippen LogP contribution in [0.1, 0.15) is 0 Å². The first-order valence-electron chi connectivity index (χ1n) is 3.47. The third kappa shape index (κ3) is 2.09. The Kier molecular flexibility index (Phi) is 2.71. The van der Waals surface area contributed by atoms with Gasteiger partial charge in [-0.25, -0.2) is 4.79 Å². The Bertz CT molecular complexity index is 320. The number of carbonyl (C=O) groups excluding carboxylic acids is 1. The Balaban J connectivity index is 2.89. The predicted molar refractivity (Wildman–Crippen MR) is 42.5 cm³/mol. The highest BCUT2D eigenvalue weighted by Gasteiger charge is 2.10. The van der Waals surface area contributed by atoms with Crippen molar-refractivity contribution in [2.24, 2.45) is 0 Å². The van der Waals surface area contributed by atoms with Crippen LogP contribution in [0, 0.1) is 0 Å². The van der Waals surface area contributed by atoms with E-state index in [2.05, 4.69) is 4.74 Å². The van der Waals surface area contributed by atoms with Gasteiger partial charge < -0.3 is 20.1 Å². The molecule has 0 aliphatic rings. The number of ether oxygens (including phenoxy) is 1. The SMILES string of the molecule is O=C(CO)Oc1cccc(O)c1O. The fraction of sp³-hybridized carbons (Fsp3) is 0.125. The molecular formula is C8H8O5. The molecule has 0 bridgehead atoms. The molecule has 1 aromatic carbocycles. The maximum Gasteiger partial charge on any atom is 0.337 e. The maximum absolute atomic E-state index is 10.6. The molecule has 5 nitrogen and oxygen atoms in total. The summed E-state index contributed by atoms with van der Waals surface area (Å²) in [5, 5.41) is 26.5. The summed E-state index contributed by atoms with van der Waals surface area (Å²) in [5.74, 6) is -1.99. The zero-order valence-corrected chi connectivity index (χ0v) is 6.60. The lowest BCUT2D eigenvalue weighted by Crippen LogP contribution is -2.12. The highest BCUT2D eigenvalue weighted by molar-refractivity contribution is 5.74. The molecule has 0 saturated carbocycles. The van der Waals surface area contributed by atoms with E-state index in [0.29, 0.717) is 0 Å². The highest BCUT2D eigenvalue weighted by Crippen LogP contribution is 2.34. The van der Waals surface area contributed by atoms with E-state index in [1.54, 1.807) is 0 Å². The summed E-state index contributed by atoms with van der Waals surface area (Å²) in [4.78, 5) is 10.6. The predicted octanol–water partition coefficient (Wildman–Crippen LogP) is -0.00450. The normalized spacial score (nSPS) is 9.62. The van der Waals surface area contributed by atoms with Crippen molar-refractivity contribution in [1.29, 1.82) is 0 Å². The van der Waals surface area contributed by atoms with Crippen molar-refractivity contribution in [3.05, 3.63) is 18.2 Å². The first kappa shape index (κ1) is 9.34. The van der Waals surface area contributed by atoms with Crippen molar-refractivity contribution < 1.29 is 24.9 Å². The van der Waals surface area contributed by atoms with Gasteiger partial charge in [-0.2, -0.15) is 0 Å². The van der Waals surface area contributed by atoms with Gasteiger partial charge >= 0.3 is 5.97 Å². The van der Waals surface area contributed by atoms with Crippen LogP contribution < -0.4 is 4.74 Å². The fourth-order valence-corrected chi connectivity index (χ4v) is 0.748. The molecule has 0 saturated heterocycles.